The van der Waals surface area contributed by atoms with Crippen molar-refractivity contribution >= 4 is 22.4 Å². The second kappa shape index (κ2) is 6.89. The van der Waals surface area contributed by atoms with Crippen LogP contribution in [0.3, 0.4) is 0 Å². The highest BCUT2D eigenvalue weighted by Gasteiger charge is 2.25. The van der Waals surface area contributed by atoms with E-state index in [2.05, 4.69) is 11.8 Å². The number of halogens is 1. The number of nitrogens with zero attached hydrogens (tertiary/aromatic N) is 1. The van der Waals surface area contributed by atoms with Gasteiger partial charge in [0.2, 0.25) is 10.0 Å². The second-order valence-electron chi connectivity index (χ2n) is 5.28. The fourth-order valence-corrected chi connectivity index (χ4v) is 3.71. The van der Waals surface area contributed by atoms with Gasteiger partial charge in [-0.15, -0.1) is 12.4 Å². The number of rotatable bonds is 4. The van der Waals surface area contributed by atoms with Gasteiger partial charge in [0.15, 0.2) is 0 Å². The van der Waals surface area contributed by atoms with E-state index in [0.29, 0.717) is 6.04 Å². The largest absolute Gasteiger partial charge is 0.300 e. The summed E-state index contributed by atoms with van der Waals surface area (Å²) in [6, 6.07) is 5.82. The SMILES string of the molecule is CCN1CCC[C@@H]1Cc1cc(C)ccc1S(N)(=O)=O.Cl. The van der Waals surface area contributed by atoms with Crippen molar-refractivity contribution in [1.82, 2.24) is 4.90 Å². The summed E-state index contributed by atoms with van der Waals surface area (Å²) in [7, 11) is -3.63. The number of hydrogen-bond donors (Lipinski definition) is 1. The second-order valence-corrected chi connectivity index (χ2v) is 6.81. The molecule has 0 aromatic heterocycles. The Morgan fingerprint density at radius 2 is 2.10 bits per heavy atom. The van der Waals surface area contributed by atoms with E-state index in [0.717, 1.165) is 37.1 Å². The van der Waals surface area contributed by atoms with Gasteiger partial charge < -0.3 is 4.90 Å². The molecule has 0 radical (unpaired) electrons. The molecule has 2 N–H and O–H groups in total. The quantitative estimate of drug-likeness (QED) is 0.924. The van der Waals surface area contributed by atoms with Crippen molar-refractivity contribution in [3.05, 3.63) is 29.3 Å². The lowest BCUT2D eigenvalue weighted by Gasteiger charge is -2.23. The number of primary sulfonamides is 1. The van der Waals surface area contributed by atoms with Gasteiger partial charge in [0.05, 0.1) is 4.90 Å². The Morgan fingerprint density at radius 3 is 2.70 bits per heavy atom. The summed E-state index contributed by atoms with van der Waals surface area (Å²) in [4.78, 5) is 2.69. The number of benzene rings is 1. The summed E-state index contributed by atoms with van der Waals surface area (Å²) < 4.78 is 23.3. The van der Waals surface area contributed by atoms with Crippen LogP contribution in [-0.4, -0.2) is 32.4 Å². The van der Waals surface area contributed by atoms with Gasteiger partial charge in [-0.2, -0.15) is 0 Å². The highest BCUT2D eigenvalue weighted by Crippen LogP contribution is 2.24. The molecule has 1 aromatic carbocycles. The molecule has 2 rings (SSSR count). The molecule has 1 aliphatic heterocycles. The van der Waals surface area contributed by atoms with Crippen LogP contribution in [0.4, 0.5) is 0 Å². The van der Waals surface area contributed by atoms with Crippen molar-refractivity contribution in [1.29, 1.82) is 0 Å². The summed E-state index contributed by atoms with van der Waals surface area (Å²) in [5.41, 5.74) is 1.93. The number of nitrogens with two attached hydrogens (primary N) is 1. The van der Waals surface area contributed by atoms with E-state index in [1.54, 1.807) is 12.1 Å². The Labute approximate surface area is 127 Å². The molecule has 1 aliphatic rings. The van der Waals surface area contributed by atoms with E-state index in [1.165, 1.54) is 6.42 Å². The molecule has 1 atom stereocenters. The molecule has 4 nitrogen and oxygen atoms in total. The van der Waals surface area contributed by atoms with E-state index in [4.69, 9.17) is 5.14 Å². The van der Waals surface area contributed by atoms with Gasteiger partial charge in [-0.3, -0.25) is 0 Å². The van der Waals surface area contributed by atoms with Crippen LogP contribution in [0.1, 0.15) is 30.9 Å². The van der Waals surface area contributed by atoms with E-state index < -0.39 is 10.0 Å². The molecule has 0 amide bonds. The van der Waals surface area contributed by atoms with E-state index in [1.807, 2.05) is 13.0 Å². The lowest BCUT2D eigenvalue weighted by atomic mass is 10.0. The van der Waals surface area contributed by atoms with Crippen LogP contribution < -0.4 is 5.14 Å². The van der Waals surface area contributed by atoms with E-state index in [9.17, 15) is 8.42 Å². The smallest absolute Gasteiger partial charge is 0.238 e. The third-order valence-corrected chi connectivity index (χ3v) is 4.89. The molecule has 0 bridgehead atoms. The van der Waals surface area contributed by atoms with Crippen molar-refractivity contribution in [3.63, 3.8) is 0 Å². The maximum atomic E-state index is 11.7. The number of hydrogen-bond acceptors (Lipinski definition) is 3. The fraction of sp³-hybridized carbons (Fsp3) is 0.571. The summed E-state index contributed by atoms with van der Waals surface area (Å²) >= 11 is 0. The molecule has 1 aromatic rings. The van der Waals surface area contributed by atoms with Crippen molar-refractivity contribution in [3.8, 4) is 0 Å². The van der Waals surface area contributed by atoms with Gasteiger partial charge in [-0.05, 0) is 50.9 Å². The van der Waals surface area contributed by atoms with Crippen molar-refractivity contribution in [2.24, 2.45) is 5.14 Å². The minimum Gasteiger partial charge on any atom is -0.300 e. The van der Waals surface area contributed by atoms with Crippen LogP contribution in [0, 0.1) is 6.92 Å². The molecule has 114 valence electrons. The maximum Gasteiger partial charge on any atom is 0.238 e. The van der Waals surface area contributed by atoms with Gasteiger partial charge in [-0.25, -0.2) is 13.6 Å². The summed E-state index contributed by atoms with van der Waals surface area (Å²) in [5.74, 6) is 0. The zero-order chi connectivity index (χ0) is 14.0. The monoisotopic (exact) mass is 318 g/mol. The predicted molar refractivity (Wildman–Crippen MR) is 83.8 cm³/mol. The van der Waals surface area contributed by atoms with Gasteiger partial charge in [-0.1, -0.05) is 24.6 Å². The first-order valence-corrected chi connectivity index (χ1v) is 8.33. The first kappa shape index (κ1) is 17.4. The molecule has 0 spiro atoms. The Hall–Kier alpha value is -0.620. The summed E-state index contributed by atoms with van der Waals surface area (Å²) in [5, 5.41) is 5.31. The standard InChI is InChI=1S/C14H22N2O2S.ClH/c1-3-16-8-4-5-13(16)10-12-9-11(2)6-7-14(12)19(15,17)18;/h6-7,9,13H,3-5,8,10H2,1-2H3,(H2,15,17,18);1H/t13-;/m1./s1. The number of likely N-dealkylation sites (tertiary alicyclic amines) is 1. The van der Waals surface area contributed by atoms with Crippen molar-refractivity contribution in [2.75, 3.05) is 13.1 Å². The first-order valence-electron chi connectivity index (χ1n) is 6.78. The molecular formula is C14H23ClN2O2S. The number of aryl methyl sites for hydroxylation is 1. The van der Waals surface area contributed by atoms with Crippen molar-refractivity contribution in [2.45, 2.75) is 44.0 Å². The molecular weight excluding hydrogens is 296 g/mol. The maximum absolute atomic E-state index is 11.7. The molecule has 0 unspecified atom stereocenters. The number of sulfonamides is 1. The zero-order valence-electron chi connectivity index (χ0n) is 12.0. The number of likely N-dealkylation sites (N-methyl/N-ethyl adjacent to an activating group) is 1. The van der Waals surface area contributed by atoms with Crippen LogP contribution in [0.25, 0.3) is 0 Å². The van der Waals surface area contributed by atoms with Crippen molar-refractivity contribution < 1.29 is 8.42 Å². The molecule has 1 fully saturated rings. The average Bonchev–Trinajstić information content (AvgIpc) is 2.74. The topological polar surface area (TPSA) is 63.4 Å². The first-order chi connectivity index (χ1) is 8.91. The Balaban J connectivity index is 0.00000200. The molecule has 0 aliphatic carbocycles. The highest BCUT2D eigenvalue weighted by atomic mass is 35.5. The van der Waals surface area contributed by atoms with Crippen LogP contribution in [0.5, 0.6) is 0 Å². The fourth-order valence-electron chi connectivity index (χ4n) is 2.94. The molecule has 0 saturated carbocycles. The normalized spacial score (nSPS) is 19.9. The average molecular weight is 319 g/mol. The molecule has 1 heterocycles. The van der Waals surface area contributed by atoms with Gasteiger partial charge >= 0.3 is 0 Å². The van der Waals surface area contributed by atoms with Crippen LogP contribution >= 0.6 is 12.4 Å². The van der Waals surface area contributed by atoms with E-state index >= 15 is 0 Å². The Kier molecular flexibility index (Phi) is 6.01. The van der Waals surface area contributed by atoms with Crippen LogP contribution in [-0.2, 0) is 16.4 Å². The predicted octanol–water partition coefficient (Wildman–Crippen LogP) is 2.09. The lowest BCUT2D eigenvalue weighted by Crippen LogP contribution is -2.31. The summed E-state index contributed by atoms with van der Waals surface area (Å²) in [6.45, 7) is 6.25. The third kappa shape index (κ3) is 3.95. The van der Waals surface area contributed by atoms with Gasteiger partial charge in [0.1, 0.15) is 0 Å². The Morgan fingerprint density at radius 1 is 1.40 bits per heavy atom. The zero-order valence-corrected chi connectivity index (χ0v) is 13.6. The lowest BCUT2D eigenvalue weighted by molar-refractivity contribution is 0.265. The third-order valence-electron chi connectivity index (χ3n) is 3.88. The highest BCUT2D eigenvalue weighted by molar-refractivity contribution is 7.89. The van der Waals surface area contributed by atoms with Gasteiger partial charge in [0.25, 0.3) is 0 Å². The van der Waals surface area contributed by atoms with E-state index in [-0.39, 0.29) is 17.3 Å². The molecule has 20 heavy (non-hydrogen) atoms. The van der Waals surface area contributed by atoms with Crippen LogP contribution in [0.15, 0.2) is 23.1 Å². The summed E-state index contributed by atoms with van der Waals surface area (Å²) in [6.07, 6.45) is 3.09. The molecule has 1 saturated heterocycles. The Bertz CT molecular complexity index is 560. The van der Waals surface area contributed by atoms with Gasteiger partial charge in [0, 0.05) is 6.04 Å². The molecule has 6 heteroatoms. The minimum absolute atomic E-state index is 0. The minimum atomic E-state index is -3.63. The van der Waals surface area contributed by atoms with Crippen LogP contribution in [0.2, 0.25) is 0 Å².